The fraction of sp³-hybridized carbons (Fsp3) is 0.538. The van der Waals surface area contributed by atoms with E-state index in [4.69, 9.17) is 0 Å². The lowest BCUT2D eigenvalue weighted by molar-refractivity contribution is 0.682. The lowest BCUT2D eigenvalue weighted by atomic mass is 9.99. The van der Waals surface area contributed by atoms with Crippen LogP contribution in [-0.2, 0) is 0 Å². The van der Waals surface area contributed by atoms with Gasteiger partial charge in [-0.1, -0.05) is 45.1 Å². The lowest BCUT2D eigenvalue weighted by Gasteiger charge is -2.18. The summed E-state index contributed by atoms with van der Waals surface area (Å²) in [6.07, 6.45) is 8.52. The molecule has 1 aliphatic rings. The highest BCUT2D eigenvalue weighted by Crippen LogP contribution is 2.16. The highest BCUT2D eigenvalue weighted by Gasteiger charge is 2.07. The molecule has 1 N–H and O–H groups in total. The average Bonchev–Trinajstić information content (AvgIpc) is 2.20. The molecular formula is C13H23N. The predicted octanol–water partition coefficient (Wildman–Crippen LogP) is 3.45. The molecule has 0 atom stereocenters. The Morgan fingerprint density at radius 2 is 2.00 bits per heavy atom. The third-order valence-corrected chi connectivity index (χ3v) is 1.97. The Balaban J connectivity index is 0.000000500. The predicted molar refractivity (Wildman–Crippen MR) is 65.5 cm³/mol. The Kier molecular flexibility index (Phi) is 8.25. The first-order valence-corrected chi connectivity index (χ1v) is 5.47. The van der Waals surface area contributed by atoms with Crippen LogP contribution in [0.2, 0.25) is 0 Å². The van der Waals surface area contributed by atoms with E-state index in [1.54, 1.807) is 0 Å². The molecule has 1 nitrogen and oxygen atoms in total. The second-order valence-corrected chi connectivity index (χ2v) is 3.38. The number of piperidine rings is 1. The van der Waals surface area contributed by atoms with Crippen molar-refractivity contribution in [3.63, 3.8) is 0 Å². The molecule has 0 amide bonds. The highest BCUT2D eigenvalue weighted by molar-refractivity contribution is 5.35. The molecule has 0 aromatic rings. The summed E-state index contributed by atoms with van der Waals surface area (Å²) in [5, 5.41) is 3.33. The van der Waals surface area contributed by atoms with E-state index in [-0.39, 0.29) is 0 Å². The SMILES string of the molecule is C=C/C=C1/CCNC/C1=C/C.CCC. The van der Waals surface area contributed by atoms with Gasteiger partial charge in [-0.25, -0.2) is 0 Å². The Labute approximate surface area is 88.6 Å². The summed E-state index contributed by atoms with van der Waals surface area (Å²) >= 11 is 0. The maximum Gasteiger partial charge on any atom is 0.0205 e. The summed E-state index contributed by atoms with van der Waals surface area (Å²) in [6.45, 7) is 12.1. The van der Waals surface area contributed by atoms with E-state index in [1.807, 2.05) is 6.08 Å². The lowest BCUT2D eigenvalue weighted by Crippen LogP contribution is -2.25. The van der Waals surface area contributed by atoms with Gasteiger partial charge in [-0.3, -0.25) is 0 Å². The van der Waals surface area contributed by atoms with Gasteiger partial charge in [-0.15, -0.1) is 0 Å². The number of allylic oxidation sites excluding steroid dienone is 3. The first-order chi connectivity index (χ1) is 6.79. The monoisotopic (exact) mass is 193 g/mol. The van der Waals surface area contributed by atoms with Gasteiger partial charge in [0.25, 0.3) is 0 Å². The van der Waals surface area contributed by atoms with Crippen LogP contribution >= 0.6 is 0 Å². The number of hydrogen-bond donors (Lipinski definition) is 1. The zero-order valence-electron chi connectivity index (χ0n) is 9.77. The van der Waals surface area contributed by atoms with Gasteiger partial charge in [0.05, 0.1) is 0 Å². The summed E-state index contributed by atoms with van der Waals surface area (Å²) in [4.78, 5) is 0. The second-order valence-electron chi connectivity index (χ2n) is 3.38. The smallest absolute Gasteiger partial charge is 0.0205 e. The zero-order valence-corrected chi connectivity index (χ0v) is 9.77. The normalized spacial score (nSPS) is 21.6. The fourth-order valence-corrected chi connectivity index (χ4v) is 1.34. The second kappa shape index (κ2) is 8.76. The quantitative estimate of drug-likeness (QED) is 0.672. The van der Waals surface area contributed by atoms with Crippen molar-refractivity contribution >= 4 is 0 Å². The van der Waals surface area contributed by atoms with Crippen LogP contribution in [0.25, 0.3) is 0 Å². The molecule has 1 saturated heterocycles. The Morgan fingerprint density at radius 3 is 2.50 bits per heavy atom. The van der Waals surface area contributed by atoms with Gasteiger partial charge in [0.1, 0.15) is 0 Å². The van der Waals surface area contributed by atoms with Gasteiger partial charge in [-0.05, 0) is 31.0 Å². The number of hydrogen-bond acceptors (Lipinski definition) is 1. The molecule has 1 aliphatic heterocycles. The van der Waals surface area contributed by atoms with E-state index in [0.29, 0.717) is 0 Å². The van der Waals surface area contributed by atoms with Crippen LogP contribution in [-0.4, -0.2) is 13.1 Å². The van der Waals surface area contributed by atoms with Crippen LogP contribution in [0.1, 0.15) is 33.6 Å². The third-order valence-electron chi connectivity index (χ3n) is 1.97. The average molecular weight is 193 g/mol. The molecule has 0 bridgehead atoms. The van der Waals surface area contributed by atoms with E-state index in [0.717, 1.165) is 19.5 Å². The highest BCUT2D eigenvalue weighted by atomic mass is 14.9. The van der Waals surface area contributed by atoms with E-state index < -0.39 is 0 Å². The molecule has 0 spiro atoms. The van der Waals surface area contributed by atoms with Gasteiger partial charge < -0.3 is 5.32 Å². The third kappa shape index (κ3) is 5.03. The molecule has 0 aromatic carbocycles. The molecule has 1 heteroatoms. The molecule has 1 heterocycles. The maximum atomic E-state index is 3.70. The molecule has 1 rings (SSSR count). The van der Waals surface area contributed by atoms with Crippen molar-refractivity contribution < 1.29 is 0 Å². The van der Waals surface area contributed by atoms with E-state index in [2.05, 4.69) is 44.8 Å². The number of nitrogens with one attached hydrogen (secondary N) is 1. The van der Waals surface area contributed by atoms with Crippen LogP contribution < -0.4 is 5.32 Å². The molecule has 0 saturated carbocycles. The molecule has 14 heavy (non-hydrogen) atoms. The summed E-state index contributed by atoms with van der Waals surface area (Å²) < 4.78 is 0. The Morgan fingerprint density at radius 1 is 1.36 bits per heavy atom. The first kappa shape index (κ1) is 13.2. The van der Waals surface area contributed by atoms with Crippen molar-refractivity contribution in [2.24, 2.45) is 0 Å². The molecule has 0 unspecified atom stereocenters. The molecular weight excluding hydrogens is 170 g/mol. The van der Waals surface area contributed by atoms with Gasteiger partial charge in [0.15, 0.2) is 0 Å². The van der Waals surface area contributed by atoms with Crippen molar-refractivity contribution in [2.45, 2.75) is 33.6 Å². The van der Waals surface area contributed by atoms with Crippen molar-refractivity contribution in [1.29, 1.82) is 0 Å². The molecule has 0 aliphatic carbocycles. The van der Waals surface area contributed by atoms with Crippen LogP contribution in [0, 0.1) is 0 Å². The Bertz CT molecular complexity index is 211. The molecule has 0 aromatic heterocycles. The minimum absolute atomic E-state index is 1.01. The van der Waals surface area contributed by atoms with Gasteiger partial charge in [0.2, 0.25) is 0 Å². The van der Waals surface area contributed by atoms with E-state index in [9.17, 15) is 0 Å². The Hall–Kier alpha value is -0.820. The summed E-state index contributed by atoms with van der Waals surface area (Å²) in [5.41, 5.74) is 2.84. The fourth-order valence-electron chi connectivity index (χ4n) is 1.34. The minimum Gasteiger partial charge on any atom is -0.312 e. The van der Waals surface area contributed by atoms with Crippen LogP contribution in [0.15, 0.2) is 36.0 Å². The van der Waals surface area contributed by atoms with Gasteiger partial charge >= 0.3 is 0 Å². The van der Waals surface area contributed by atoms with Crippen LogP contribution in [0.3, 0.4) is 0 Å². The van der Waals surface area contributed by atoms with E-state index >= 15 is 0 Å². The summed E-state index contributed by atoms with van der Waals surface area (Å²) in [6, 6.07) is 0. The molecule has 1 fully saturated rings. The van der Waals surface area contributed by atoms with Gasteiger partial charge in [-0.2, -0.15) is 0 Å². The van der Waals surface area contributed by atoms with Crippen LogP contribution in [0.4, 0.5) is 0 Å². The largest absolute Gasteiger partial charge is 0.312 e. The number of rotatable bonds is 1. The minimum atomic E-state index is 1.01. The maximum absolute atomic E-state index is 3.70. The van der Waals surface area contributed by atoms with Crippen molar-refractivity contribution in [1.82, 2.24) is 5.32 Å². The topological polar surface area (TPSA) is 12.0 Å². The van der Waals surface area contributed by atoms with Gasteiger partial charge in [0, 0.05) is 6.54 Å². The summed E-state index contributed by atoms with van der Waals surface area (Å²) in [5.74, 6) is 0. The first-order valence-electron chi connectivity index (χ1n) is 5.47. The molecule has 80 valence electrons. The summed E-state index contributed by atoms with van der Waals surface area (Å²) in [7, 11) is 0. The molecule has 0 radical (unpaired) electrons. The van der Waals surface area contributed by atoms with Crippen molar-refractivity contribution in [2.75, 3.05) is 13.1 Å². The zero-order chi connectivity index (χ0) is 10.8. The van der Waals surface area contributed by atoms with E-state index in [1.165, 1.54) is 17.6 Å². The van der Waals surface area contributed by atoms with Crippen LogP contribution in [0.5, 0.6) is 0 Å². The standard InChI is InChI=1S/C10H15N.C3H8/c1-3-5-10-6-7-11-8-9(10)4-2;1-3-2/h3-5,11H,1,6-8H2,2H3;3H2,1-2H3/b9-4-,10-5-;. The van der Waals surface area contributed by atoms with Crippen molar-refractivity contribution in [3.8, 4) is 0 Å². The van der Waals surface area contributed by atoms with Crippen molar-refractivity contribution in [3.05, 3.63) is 36.0 Å².